The molecule has 1 saturated heterocycles. The smallest absolute Gasteiger partial charge is 0.244 e. The third-order valence-corrected chi connectivity index (χ3v) is 4.11. The first kappa shape index (κ1) is 11.3. The number of aromatic nitrogens is 4. The van der Waals surface area contributed by atoms with Gasteiger partial charge >= 0.3 is 0 Å². The lowest BCUT2D eigenvalue weighted by atomic mass is 10.2. The van der Waals surface area contributed by atoms with E-state index in [-0.39, 0.29) is 18.5 Å². The van der Waals surface area contributed by atoms with Crippen LogP contribution in [0.15, 0.2) is 23.8 Å². The van der Waals surface area contributed by atoms with Gasteiger partial charge in [-0.3, -0.25) is 4.79 Å². The van der Waals surface area contributed by atoms with Crippen molar-refractivity contribution in [1.82, 2.24) is 25.1 Å². The zero-order chi connectivity index (χ0) is 12.4. The number of likely N-dealkylation sites (tertiary alicyclic amines) is 1. The maximum atomic E-state index is 12.2. The largest absolute Gasteiger partial charge is 0.333 e. The lowest BCUT2D eigenvalue weighted by Gasteiger charge is -2.23. The quantitative estimate of drug-likeness (QED) is 0.831. The van der Waals surface area contributed by atoms with Gasteiger partial charge in [-0.05, 0) is 34.7 Å². The standard InChI is InChI=1S/C11H13N5OS/c17-11(7-15-8-12-13-14-15)16-5-1-3-9(16)10-4-2-6-18-10/h2,4,6,8-9H,1,3,5,7H2/t9-/m0/s1. The van der Waals surface area contributed by atoms with Crippen LogP contribution in [0.3, 0.4) is 0 Å². The average molecular weight is 263 g/mol. The van der Waals surface area contributed by atoms with Crippen molar-refractivity contribution in [3.63, 3.8) is 0 Å². The summed E-state index contributed by atoms with van der Waals surface area (Å²) in [5.74, 6) is 0.0817. The highest BCUT2D eigenvalue weighted by Crippen LogP contribution is 2.34. The van der Waals surface area contributed by atoms with Crippen LogP contribution in [0.2, 0.25) is 0 Å². The highest BCUT2D eigenvalue weighted by Gasteiger charge is 2.30. The van der Waals surface area contributed by atoms with E-state index >= 15 is 0 Å². The number of carbonyl (C=O) groups is 1. The molecule has 0 aliphatic carbocycles. The molecule has 0 unspecified atom stereocenters. The van der Waals surface area contributed by atoms with Crippen LogP contribution in [-0.2, 0) is 11.3 Å². The number of hydrogen-bond donors (Lipinski definition) is 0. The van der Waals surface area contributed by atoms with Crippen molar-refractivity contribution in [2.45, 2.75) is 25.4 Å². The molecule has 3 rings (SSSR count). The van der Waals surface area contributed by atoms with Crippen LogP contribution in [0.25, 0.3) is 0 Å². The molecule has 0 aromatic carbocycles. The second-order valence-corrected chi connectivity index (χ2v) is 5.25. The predicted molar refractivity (Wildman–Crippen MR) is 65.8 cm³/mol. The minimum absolute atomic E-state index is 0.0817. The summed E-state index contributed by atoms with van der Waals surface area (Å²) in [5.41, 5.74) is 0. The summed E-state index contributed by atoms with van der Waals surface area (Å²) in [6, 6.07) is 4.36. The fourth-order valence-electron chi connectivity index (χ4n) is 2.32. The van der Waals surface area contributed by atoms with E-state index in [1.807, 2.05) is 11.0 Å². The highest BCUT2D eigenvalue weighted by molar-refractivity contribution is 7.10. The van der Waals surface area contributed by atoms with Crippen molar-refractivity contribution in [3.8, 4) is 0 Å². The van der Waals surface area contributed by atoms with Gasteiger partial charge in [0.1, 0.15) is 12.9 Å². The first-order valence-corrected chi connectivity index (χ1v) is 6.76. The summed E-state index contributed by atoms with van der Waals surface area (Å²) in [5, 5.41) is 12.8. The third kappa shape index (κ3) is 2.13. The molecule has 6 nitrogen and oxygen atoms in total. The van der Waals surface area contributed by atoms with Crippen LogP contribution < -0.4 is 0 Å². The number of hydrogen-bond acceptors (Lipinski definition) is 5. The normalized spacial score (nSPS) is 19.3. The van der Waals surface area contributed by atoms with Gasteiger partial charge in [-0.25, -0.2) is 4.68 Å². The molecule has 0 saturated carbocycles. The van der Waals surface area contributed by atoms with Gasteiger partial charge in [-0.2, -0.15) is 0 Å². The molecule has 1 amide bonds. The molecule has 2 aromatic heterocycles. The highest BCUT2D eigenvalue weighted by atomic mass is 32.1. The molecule has 0 bridgehead atoms. The maximum absolute atomic E-state index is 12.2. The fraction of sp³-hybridized carbons (Fsp3) is 0.455. The number of tetrazole rings is 1. The number of nitrogens with zero attached hydrogens (tertiary/aromatic N) is 5. The number of thiophene rings is 1. The van der Waals surface area contributed by atoms with E-state index in [2.05, 4.69) is 27.0 Å². The number of amides is 1. The van der Waals surface area contributed by atoms with E-state index in [4.69, 9.17) is 0 Å². The van der Waals surface area contributed by atoms with Gasteiger partial charge in [0.05, 0.1) is 6.04 Å². The lowest BCUT2D eigenvalue weighted by molar-refractivity contribution is -0.132. The van der Waals surface area contributed by atoms with Crippen LogP contribution in [0.4, 0.5) is 0 Å². The molecule has 94 valence electrons. The van der Waals surface area contributed by atoms with Gasteiger partial charge in [0.25, 0.3) is 0 Å². The number of carbonyl (C=O) groups excluding carboxylic acids is 1. The summed E-state index contributed by atoms with van der Waals surface area (Å²) < 4.78 is 1.46. The monoisotopic (exact) mass is 263 g/mol. The van der Waals surface area contributed by atoms with Crippen molar-refractivity contribution in [1.29, 1.82) is 0 Å². The van der Waals surface area contributed by atoms with E-state index in [9.17, 15) is 4.79 Å². The molecule has 1 fully saturated rings. The average Bonchev–Trinajstić information content (AvgIpc) is 3.11. The van der Waals surface area contributed by atoms with E-state index in [1.165, 1.54) is 15.9 Å². The second-order valence-electron chi connectivity index (χ2n) is 4.27. The van der Waals surface area contributed by atoms with Crippen LogP contribution in [-0.4, -0.2) is 37.6 Å². The lowest BCUT2D eigenvalue weighted by Crippen LogP contribution is -2.33. The van der Waals surface area contributed by atoms with Crippen LogP contribution in [0.5, 0.6) is 0 Å². The van der Waals surface area contributed by atoms with Crippen molar-refractivity contribution >= 4 is 17.2 Å². The molecule has 0 spiro atoms. The molecule has 1 aliphatic heterocycles. The summed E-state index contributed by atoms with van der Waals surface area (Å²) in [6.07, 6.45) is 3.57. The fourth-order valence-corrected chi connectivity index (χ4v) is 3.20. The van der Waals surface area contributed by atoms with Gasteiger partial charge in [0, 0.05) is 11.4 Å². The van der Waals surface area contributed by atoms with Crippen molar-refractivity contribution < 1.29 is 4.79 Å². The zero-order valence-electron chi connectivity index (χ0n) is 9.77. The van der Waals surface area contributed by atoms with E-state index in [0.717, 1.165) is 19.4 Å². The molecule has 1 atom stereocenters. The minimum atomic E-state index is 0.0817. The summed E-state index contributed by atoms with van der Waals surface area (Å²) in [6.45, 7) is 1.04. The van der Waals surface area contributed by atoms with Gasteiger partial charge in [-0.1, -0.05) is 6.07 Å². The van der Waals surface area contributed by atoms with E-state index in [1.54, 1.807) is 11.3 Å². The van der Waals surface area contributed by atoms with Crippen molar-refractivity contribution in [2.24, 2.45) is 0 Å². The van der Waals surface area contributed by atoms with E-state index < -0.39 is 0 Å². The Balaban J connectivity index is 1.73. The molecule has 0 N–H and O–H groups in total. The van der Waals surface area contributed by atoms with Gasteiger partial charge in [0.2, 0.25) is 5.91 Å². The molecule has 18 heavy (non-hydrogen) atoms. The Labute approximate surface area is 108 Å². The topological polar surface area (TPSA) is 63.9 Å². The summed E-state index contributed by atoms with van der Waals surface area (Å²) >= 11 is 1.71. The molecule has 2 aromatic rings. The molecule has 3 heterocycles. The SMILES string of the molecule is O=C(Cn1cnnn1)N1CCC[C@H]1c1cccs1. The summed E-state index contributed by atoms with van der Waals surface area (Å²) in [7, 11) is 0. The van der Waals surface area contributed by atoms with Crippen molar-refractivity contribution in [2.75, 3.05) is 6.54 Å². The molecule has 0 radical (unpaired) electrons. The Morgan fingerprint density at radius 3 is 3.22 bits per heavy atom. The van der Waals surface area contributed by atoms with Crippen molar-refractivity contribution in [3.05, 3.63) is 28.7 Å². The Bertz CT molecular complexity index is 510. The summed E-state index contributed by atoms with van der Waals surface area (Å²) in [4.78, 5) is 15.4. The van der Waals surface area contributed by atoms with Crippen LogP contribution in [0.1, 0.15) is 23.8 Å². The number of rotatable bonds is 3. The van der Waals surface area contributed by atoms with Gasteiger partial charge in [-0.15, -0.1) is 16.4 Å². The molecule has 7 heteroatoms. The van der Waals surface area contributed by atoms with Crippen LogP contribution >= 0.6 is 11.3 Å². The zero-order valence-corrected chi connectivity index (χ0v) is 10.6. The van der Waals surface area contributed by atoms with Gasteiger partial charge in [0.15, 0.2) is 0 Å². The first-order chi connectivity index (χ1) is 8.84. The Kier molecular flexibility index (Phi) is 3.06. The second kappa shape index (κ2) is 4.85. The maximum Gasteiger partial charge on any atom is 0.244 e. The van der Waals surface area contributed by atoms with Crippen LogP contribution in [0, 0.1) is 0 Å². The predicted octanol–water partition coefficient (Wildman–Crippen LogP) is 1.10. The first-order valence-electron chi connectivity index (χ1n) is 5.88. The third-order valence-electron chi connectivity index (χ3n) is 3.13. The van der Waals surface area contributed by atoms with Gasteiger partial charge < -0.3 is 4.90 Å². The Morgan fingerprint density at radius 1 is 1.56 bits per heavy atom. The molecule has 1 aliphatic rings. The Hall–Kier alpha value is -1.76. The van der Waals surface area contributed by atoms with E-state index in [0.29, 0.717) is 0 Å². The molecular formula is C11H13N5OS. The minimum Gasteiger partial charge on any atom is -0.333 e. The Morgan fingerprint density at radius 2 is 2.50 bits per heavy atom. The molecular weight excluding hydrogens is 250 g/mol.